The van der Waals surface area contributed by atoms with E-state index in [0.717, 1.165) is 32.1 Å². The lowest BCUT2D eigenvalue weighted by Crippen LogP contribution is -2.53. The van der Waals surface area contributed by atoms with Crippen LogP contribution in [0.4, 0.5) is 0 Å². The SMILES string of the molecule is CC(C)(CCc1ccccc1)NC(=O)C1(C)CCCC1N. The molecule has 0 heterocycles. The van der Waals surface area contributed by atoms with Gasteiger partial charge in [-0.3, -0.25) is 4.79 Å². The molecule has 0 aliphatic heterocycles. The van der Waals surface area contributed by atoms with E-state index in [9.17, 15) is 4.79 Å². The fourth-order valence-electron chi connectivity index (χ4n) is 3.09. The summed E-state index contributed by atoms with van der Waals surface area (Å²) < 4.78 is 0. The van der Waals surface area contributed by atoms with Gasteiger partial charge in [-0.2, -0.15) is 0 Å². The maximum absolute atomic E-state index is 12.6. The molecule has 1 aliphatic carbocycles. The van der Waals surface area contributed by atoms with Crippen molar-refractivity contribution >= 4 is 5.91 Å². The van der Waals surface area contributed by atoms with Gasteiger partial charge in [0.1, 0.15) is 0 Å². The van der Waals surface area contributed by atoms with Gasteiger partial charge in [0.25, 0.3) is 0 Å². The highest BCUT2D eigenvalue weighted by Gasteiger charge is 2.44. The third-order valence-electron chi connectivity index (χ3n) is 4.88. The second kappa shape index (κ2) is 6.18. The molecule has 0 radical (unpaired) electrons. The number of benzene rings is 1. The third kappa shape index (κ3) is 3.85. The lowest BCUT2D eigenvalue weighted by Gasteiger charge is -2.34. The lowest BCUT2D eigenvalue weighted by molar-refractivity contribution is -0.132. The van der Waals surface area contributed by atoms with Gasteiger partial charge in [0.05, 0.1) is 5.41 Å². The van der Waals surface area contributed by atoms with Crippen LogP contribution in [-0.4, -0.2) is 17.5 Å². The normalized spacial score (nSPS) is 25.8. The second-order valence-corrected chi connectivity index (χ2v) is 7.24. The molecular weight excluding hydrogens is 260 g/mol. The molecule has 1 aliphatic rings. The van der Waals surface area contributed by atoms with Crippen LogP contribution >= 0.6 is 0 Å². The van der Waals surface area contributed by atoms with Crippen LogP contribution in [0.15, 0.2) is 30.3 Å². The number of hydrogen-bond donors (Lipinski definition) is 2. The van der Waals surface area contributed by atoms with Crippen molar-refractivity contribution in [3.63, 3.8) is 0 Å². The van der Waals surface area contributed by atoms with E-state index in [0.29, 0.717) is 0 Å². The van der Waals surface area contributed by atoms with E-state index in [4.69, 9.17) is 5.73 Å². The average molecular weight is 288 g/mol. The molecule has 1 saturated carbocycles. The van der Waals surface area contributed by atoms with Crippen LogP contribution in [0.3, 0.4) is 0 Å². The summed E-state index contributed by atoms with van der Waals surface area (Å²) in [5.74, 6) is 0.116. The van der Waals surface area contributed by atoms with Crippen LogP contribution in [0.25, 0.3) is 0 Å². The van der Waals surface area contributed by atoms with Crippen molar-refractivity contribution < 1.29 is 4.79 Å². The van der Waals surface area contributed by atoms with Gasteiger partial charge in [-0.15, -0.1) is 0 Å². The summed E-state index contributed by atoms with van der Waals surface area (Å²) >= 11 is 0. The van der Waals surface area contributed by atoms with Crippen molar-refractivity contribution in [3.05, 3.63) is 35.9 Å². The zero-order chi connectivity index (χ0) is 15.5. The van der Waals surface area contributed by atoms with Gasteiger partial charge in [-0.25, -0.2) is 0 Å². The number of aryl methyl sites for hydroxylation is 1. The summed E-state index contributed by atoms with van der Waals surface area (Å²) in [6, 6.07) is 10.4. The maximum Gasteiger partial charge on any atom is 0.227 e. The molecule has 1 aromatic carbocycles. The smallest absolute Gasteiger partial charge is 0.227 e. The predicted molar refractivity (Wildman–Crippen MR) is 86.9 cm³/mol. The zero-order valence-electron chi connectivity index (χ0n) is 13.5. The number of rotatable bonds is 5. The minimum absolute atomic E-state index is 0.0116. The fraction of sp³-hybridized carbons (Fsp3) is 0.611. The molecule has 1 amide bonds. The molecule has 0 aromatic heterocycles. The Hall–Kier alpha value is -1.35. The lowest BCUT2D eigenvalue weighted by atomic mass is 9.82. The van der Waals surface area contributed by atoms with Crippen molar-refractivity contribution in [2.75, 3.05) is 0 Å². The average Bonchev–Trinajstić information content (AvgIpc) is 2.79. The standard InChI is InChI=1S/C18H28N2O/c1-17(2,13-11-14-8-5-4-6-9-14)20-16(21)18(3)12-7-10-15(18)19/h4-6,8-9,15H,7,10-13,19H2,1-3H3,(H,20,21). The van der Waals surface area contributed by atoms with Gasteiger partial charge >= 0.3 is 0 Å². The zero-order valence-corrected chi connectivity index (χ0v) is 13.5. The molecule has 116 valence electrons. The minimum Gasteiger partial charge on any atom is -0.351 e. The van der Waals surface area contributed by atoms with Crippen molar-refractivity contribution in [1.29, 1.82) is 0 Å². The van der Waals surface area contributed by atoms with Crippen molar-refractivity contribution in [1.82, 2.24) is 5.32 Å². The van der Waals surface area contributed by atoms with Crippen molar-refractivity contribution in [3.8, 4) is 0 Å². The molecule has 3 N–H and O–H groups in total. The van der Waals surface area contributed by atoms with Crippen LogP contribution in [-0.2, 0) is 11.2 Å². The first-order valence-corrected chi connectivity index (χ1v) is 7.96. The second-order valence-electron chi connectivity index (χ2n) is 7.24. The predicted octanol–water partition coefficient (Wildman–Crippen LogP) is 3.03. The molecule has 2 atom stereocenters. The molecule has 3 nitrogen and oxygen atoms in total. The first-order valence-electron chi connectivity index (χ1n) is 7.96. The summed E-state index contributed by atoms with van der Waals surface area (Å²) in [6.45, 7) is 6.20. The van der Waals surface area contributed by atoms with E-state index >= 15 is 0 Å². The third-order valence-corrected chi connectivity index (χ3v) is 4.88. The van der Waals surface area contributed by atoms with Crippen molar-refractivity contribution in [2.24, 2.45) is 11.1 Å². The Morgan fingerprint density at radius 2 is 2.05 bits per heavy atom. The van der Waals surface area contributed by atoms with Gasteiger partial charge in [0.15, 0.2) is 0 Å². The van der Waals surface area contributed by atoms with Gasteiger partial charge in [-0.05, 0) is 52.0 Å². The van der Waals surface area contributed by atoms with E-state index in [1.807, 2.05) is 13.0 Å². The van der Waals surface area contributed by atoms with E-state index in [2.05, 4.69) is 43.4 Å². The van der Waals surface area contributed by atoms with E-state index < -0.39 is 5.41 Å². The minimum atomic E-state index is -0.399. The molecule has 0 saturated heterocycles. The number of carbonyl (C=O) groups excluding carboxylic acids is 1. The Balaban J connectivity index is 1.92. The molecule has 0 bridgehead atoms. The maximum atomic E-state index is 12.6. The molecule has 2 unspecified atom stereocenters. The highest BCUT2D eigenvalue weighted by molar-refractivity contribution is 5.84. The monoisotopic (exact) mass is 288 g/mol. The van der Waals surface area contributed by atoms with Crippen LogP contribution in [0.2, 0.25) is 0 Å². The topological polar surface area (TPSA) is 55.1 Å². The Bertz CT molecular complexity index is 483. The summed E-state index contributed by atoms with van der Waals surface area (Å²) in [6.07, 6.45) is 4.80. The number of nitrogens with one attached hydrogen (secondary N) is 1. The first-order chi connectivity index (χ1) is 9.83. The fourth-order valence-corrected chi connectivity index (χ4v) is 3.09. The quantitative estimate of drug-likeness (QED) is 0.875. The van der Waals surface area contributed by atoms with Crippen LogP contribution in [0.1, 0.15) is 52.0 Å². The molecule has 2 rings (SSSR count). The molecule has 21 heavy (non-hydrogen) atoms. The number of hydrogen-bond acceptors (Lipinski definition) is 2. The first kappa shape index (κ1) is 16.0. The molecule has 1 aromatic rings. The number of carbonyl (C=O) groups is 1. The molecule has 1 fully saturated rings. The highest BCUT2D eigenvalue weighted by atomic mass is 16.2. The Labute approximate surface area is 128 Å². The Kier molecular flexibility index (Phi) is 4.72. The van der Waals surface area contributed by atoms with E-state index in [1.165, 1.54) is 5.56 Å². The van der Waals surface area contributed by atoms with Crippen molar-refractivity contribution in [2.45, 2.75) is 64.5 Å². The summed E-state index contributed by atoms with van der Waals surface area (Å²) in [7, 11) is 0. The molecular formula is C18H28N2O. The van der Waals surface area contributed by atoms with E-state index in [1.54, 1.807) is 0 Å². The highest BCUT2D eigenvalue weighted by Crippen LogP contribution is 2.37. The summed E-state index contributed by atoms with van der Waals surface area (Å²) in [5, 5.41) is 3.22. The van der Waals surface area contributed by atoms with Gasteiger partial charge in [0.2, 0.25) is 5.91 Å². The Morgan fingerprint density at radius 1 is 1.38 bits per heavy atom. The molecule has 0 spiro atoms. The van der Waals surface area contributed by atoms with Gasteiger partial charge in [-0.1, -0.05) is 36.8 Å². The number of amides is 1. The molecule has 3 heteroatoms. The van der Waals surface area contributed by atoms with Gasteiger partial charge < -0.3 is 11.1 Å². The van der Waals surface area contributed by atoms with Crippen LogP contribution in [0, 0.1) is 5.41 Å². The largest absolute Gasteiger partial charge is 0.351 e. The number of nitrogens with two attached hydrogens (primary N) is 1. The van der Waals surface area contributed by atoms with Gasteiger partial charge in [0, 0.05) is 11.6 Å². The summed E-state index contributed by atoms with van der Waals surface area (Å²) in [5.41, 5.74) is 6.84. The summed E-state index contributed by atoms with van der Waals surface area (Å²) in [4.78, 5) is 12.6. The Morgan fingerprint density at radius 3 is 2.62 bits per heavy atom. The van der Waals surface area contributed by atoms with Crippen LogP contribution in [0.5, 0.6) is 0 Å². The van der Waals surface area contributed by atoms with E-state index in [-0.39, 0.29) is 17.5 Å². The van der Waals surface area contributed by atoms with Crippen LogP contribution < -0.4 is 11.1 Å².